The van der Waals surface area contributed by atoms with Gasteiger partial charge in [-0.05, 0) is 30.4 Å². The zero-order valence-electron chi connectivity index (χ0n) is 38.7. The number of carbonyl (C=O) groups is 11. The fourth-order valence-electron chi connectivity index (χ4n) is 4.11. The van der Waals surface area contributed by atoms with Gasteiger partial charge in [0.15, 0.2) is 0 Å². The number of rotatable bonds is 28. The monoisotopic (exact) mass is 1000 g/mol. The molecule has 0 aliphatic carbocycles. The van der Waals surface area contributed by atoms with Crippen LogP contribution in [0, 0.1) is 0 Å². The maximum atomic E-state index is 11.4. The van der Waals surface area contributed by atoms with Crippen molar-refractivity contribution in [2.24, 2.45) is 11.5 Å². The Balaban J connectivity index is -0.000000401. The van der Waals surface area contributed by atoms with Crippen LogP contribution in [0.4, 0.5) is 14.4 Å². The lowest BCUT2D eigenvalue weighted by atomic mass is 10.2. The molecule has 29 heteroatoms. The van der Waals surface area contributed by atoms with Gasteiger partial charge in [0, 0.05) is 79.2 Å². The molecule has 396 valence electrons. The highest BCUT2D eigenvalue weighted by Crippen LogP contribution is 2.14. The second-order valence-electron chi connectivity index (χ2n) is 12.4. The van der Waals surface area contributed by atoms with E-state index in [-0.39, 0.29) is 118 Å². The number of imide groups is 2. The number of primary amides is 2. The number of aliphatic hydroxyl groups excluding tert-OH is 4. The predicted octanol–water partition coefficient (Wildman–Crippen LogP) is -1.77. The van der Waals surface area contributed by atoms with E-state index in [4.69, 9.17) is 60.4 Å². The Hall–Kier alpha value is -6.47. The number of hydrogen-bond donors (Lipinski definition) is 6. The van der Waals surface area contributed by atoms with Crippen LogP contribution in [0.5, 0.6) is 0 Å². The number of amides is 6. The lowest BCUT2D eigenvalue weighted by Crippen LogP contribution is -2.32. The van der Waals surface area contributed by atoms with E-state index in [0.717, 1.165) is 0 Å². The summed E-state index contributed by atoms with van der Waals surface area (Å²) in [7, 11) is 2.94. The Bertz CT molecular complexity index is 1470. The van der Waals surface area contributed by atoms with Crippen molar-refractivity contribution < 1.29 is 121 Å². The molecule has 29 nitrogen and oxygen atoms in total. The minimum Gasteiger partial charge on any atom is -0.463 e. The minimum atomic E-state index is -1.09. The Morgan fingerprint density at radius 1 is 0.522 bits per heavy atom. The summed E-state index contributed by atoms with van der Waals surface area (Å²) in [5.74, 6) is -3.29. The molecule has 6 amide bonds. The van der Waals surface area contributed by atoms with E-state index in [1.807, 2.05) is 13.6 Å². The van der Waals surface area contributed by atoms with Gasteiger partial charge >= 0.3 is 30.3 Å². The van der Waals surface area contributed by atoms with Gasteiger partial charge in [-0.15, -0.1) is 5.06 Å². The molecular formula is C40H66N4O25. The number of carbonyl (C=O) groups excluding carboxylic acids is 11. The van der Waals surface area contributed by atoms with E-state index in [9.17, 15) is 43.2 Å². The normalized spacial score (nSPS) is 12.7. The molecular weight excluding hydrogens is 936 g/mol. The summed E-state index contributed by atoms with van der Waals surface area (Å²) in [6.07, 6.45) is 1.68. The third-order valence-electron chi connectivity index (χ3n) is 7.22. The third-order valence-corrected chi connectivity index (χ3v) is 7.22. The summed E-state index contributed by atoms with van der Waals surface area (Å²) in [6.45, 7) is 5.86. The fraction of sp³-hybridized carbons (Fsp3) is 0.625. The fourth-order valence-corrected chi connectivity index (χ4v) is 4.11. The van der Waals surface area contributed by atoms with Crippen molar-refractivity contribution in [1.29, 1.82) is 0 Å². The van der Waals surface area contributed by atoms with E-state index in [2.05, 4.69) is 28.6 Å². The van der Waals surface area contributed by atoms with Gasteiger partial charge in [-0.3, -0.25) is 28.8 Å². The number of hydroxylamine groups is 4. The van der Waals surface area contributed by atoms with Crippen LogP contribution in [0.2, 0.25) is 0 Å². The van der Waals surface area contributed by atoms with Crippen molar-refractivity contribution in [3.05, 3.63) is 23.3 Å². The minimum absolute atomic E-state index is 0.00551. The molecule has 69 heavy (non-hydrogen) atoms. The van der Waals surface area contributed by atoms with E-state index in [1.54, 1.807) is 0 Å². The molecule has 0 atom stereocenters. The van der Waals surface area contributed by atoms with Gasteiger partial charge in [-0.25, -0.2) is 19.2 Å². The highest BCUT2D eigenvalue weighted by Gasteiger charge is 2.34. The molecule has 0 aromatic heterocycles. The maximum absolute atomic E-state index is 11.4. The zero-order valence-corrected chi connectivity index (χ0v) is 38.7. The van der Waals surface area contributed by atoms with Crippen molar-refractivity contribution >= 4 is 67.5 Å². The van der Waals surface area contributed by atoms with Crippen LogP contribution in [-0.2, 0) is 85.9 Å². The van der Waals surface area contributed by atoms with Gasteiger partial charge < -0.3 is 84.2 Å². The number of hydrogen-bond acceptors (Lipinski definition) is 25. The van der Waals surface area contributed by atoms with Crippen LogP contribution in [0.15, 0.2) is 23.3 Å². The van der Waals surface area contributed by atoms with Crippen LogP contribution < -0.4 is 11.5 Å². The van der Waals surface area contributed by atoms with Crippen molar-refractivity contribution in [2.75, 3.05) is 107 Å². The summed E-state index contributed by atoms with van der Waals surface area (Å²) in [4.78, 5) is 124. The van der Waals surface area contributed by atoms with Gasteiger partial charge in [0.05, 0.1) is 39.6 Å². The molecule has 0 radical (unpaired) electrons. The summed E-state index contributed by atoms with van der Waals surface area (Å²) < 4.78 is 38.0. The number of ether oxygens (including phenoxy) is 8. The predicted molar refractivity (Wildman–Crippen MR) is 230 cm³/mol. The van der Waals surface area contributed by atoms with Crippen LogP contribution in [0.1, 0.15) is 57.8 Å². The van der Waals surface area contributed by atoms with Crippen molar-refractivity contribution in [2.45, 2.75) is 57.8 Å². The maximum Gasteiger partial charge on any atom is 0.534 e. The number of nitrogens with zero attached hydrogens (tertiary/aromatic N) is 2. The van der Waals surface area contributed by atoms with Gasteiger partial charge in [0.25, 0.3) is 23.6 Å². The standard InChI is InChI=1S/C12H17NO7.2C9H17NO5.C8H11NO6.2CH2O/c1-18-7-8-19-11(16)3-2-4-12(17)20-13-9(14)5-6-10(13)15;2*10-9(13)15-7-8(2-4-12)6-14-5-1-3-11;1-13-4-5-14-8(12)15-9-6(10)2-3-7(9)11;2*1-2/h2-8H2,1H3;2*2,11-12H,1,3-7H2,(H2,10,13);2-5H2,1H3;2*1H2. The molecule has 0 saturated carbocycles. The Morgan fingerprint density at radius 2 is 0.899 bits per heavy atom. The molecule has 0 aromatic rings. The molecule has 2 aliphatic rings. The summed E-state index contributed by atoms with van der Waals surface area (Å²) in [5.41, 5.74) is 10.8. The molecule has 2 rings (SSSR count). The first-order valence-corrected chi connectivity index (χ1v) is 20.4. The number of esters is 1. The van der Waals surface area contributed by atoms with Crippen LogP contribution in [0.25, 0.3) is 0 Å². The van der Waals surface area contributed by atoms with Crippen molar-refractivity contribution in [1.82, 2.24) is 10.1 Å². The Kier molecular flexibility index (Phi) is 49.5. The van der Waals surface area contributed by atoms with Gasteiger partial charge in [0.1, 0.15) is 40.0 Å². The lowest BCUT2D eigenvalue weighted by Gasteiger charge is -2.12. The summed E-state index contributed by atoms with van der Waals surface area (Å²) in [5, 5.41) is 35.2. The van der Waals surface area contributed by atoms with Crippen LogP contribution >= 0.6 is 0 Å². The first-order chi connectivity index (χ1) is 33.1. The molecule has 2 aliphatic heterocycles. The number of aliphatic hydroxyl groups is 4. The molecule has 0 aromatic carbocycles. The smallest absolute Gasteiger partial charge is 0.463 e. The Morgan fingerprint density at radius 3 is 1.26 bits per heavy atom. The number of methoxy groups -OCH3 is 2. The van der Waals surface area contributed by atoms with Gasteiger partial charge in [-0.1, -0.05) is 17.2 Å². The third kappa shape index (κ3) is 42.6. The largest absolute Gasteiger partial charge is 0.534 e. The summed E-state index contributed by atoms with van der Waals surface area (Å²) in [6, 6.07) is 0. The number of nitrogens with two attached hydrogens (primary N) is 2. The SMILES string of the molecule is C=O.C=O.COCCOC(=O)CCCC(=O)ON1C(=O)CCC1=O.COCCOC(=O)ON1C(=O)CCC1=O.NC(=O)OCC(=CCO)COCCCO.NC(=O)OCC(=CCO)COCCCO. The zero-order chi connectivity index (χ0) is 53.3. The van der Waals surface area contributed by atoms with E-state index < -0.39 is 53.9 Å². The highest BCUT2D eigenvalue weighted by atomic mass is 16.8. The quantitative estimate of drug-likeness (QED) is 0.0166. The van der Waals surface area contributed by atoms with Gasteiger partial charge in [0.2, 0.25) is 0 Å². The van der Waals surface area contributed by atoms with Gasteiger partial charge in [-0.2, -0.15) is 0 Å². The molecule has 8 N–H and O–H groups in total. The lowest BCUT2D eigenvalue weighted by molar-refractivity contribution is -0.197. The molecule has 2 fully saturated rings. The first-order valence-electron chi connectivity index (χ1n) is 20.4. The van der Waals surface area contributed by atoms with Crippen LogP contribution in [-0.4, -0.2) is 205 Å². The van der Waals surface area contributed by atoms with E-state index in [1.165, 1.54) is 26.4 Å². The molecule has 2 saturated heterocycles. The van der Waals surface area contributed by atoms with E-state index >= 15 is 0 Å². The second kappa shape index (κ2) is 49.4. The molecule has 0 spiro atoms. The van der Waals surface area contributed by atoms with Crippen molar-refractivity contribution in [3.63, 3.8) is 0 Å². The molecule has 0 bridgehead atoms. The second-order valence-corrected chi connectivity index (χ2v) is 12.4. The molecule has 2 heterocycles. The van der Waals surface area contributed by atoms with E-state index in [0.29, 0.717) is 53.9 Å². The van der Waals surface area contributed by atoms with Crippen LogP contribution in [0.3, 0.4) is 0 Å². The Labute approximate surface area is 397 Å². The first kappa shape index (κ1) is 69.1. The molecule has 0 unspecified atom stereocenters. The average molecular weight is 1000 g/mol. The summed E-state index contributed by atoms with van der Waals surface area (Å²) >= 11 is 0. The van der Waals surface area contributed by atoms with Crippen molar-refractivity contribution in [3.8, 4) is 0 Å². The average Bonchev–Trinajstić information content (AvgIpc) is 3.82. The topological polar surface area (TPSA) is 420 Å². The highest BCUT2D eigenvalue weighted by molar-refractivity contribution is 6.02.